The molecule has 2 aliphatic heterocycles. The lowest BCUT2D eigenvalue weighted by molar-refractivity contribution is 0.105. The van der Waals surface area contributed by atoms with E-state index in [0.29, 0.717) is 33.4 Å². The second-order valence-corrected chi connectivity index (χ2v) is 15.6. The molecule has 8 aromatic rings. The van der Waals surface area contributed by atoms with Crippen molar-refractivity contribution in [2.24, 2.45) is 0 Å². The highest BCUT2D eigenvalue weighted by atomic mass is 31.2. The summed E-state index contributed by atoms with van der Waals surface area (Å²) in [6.07, 6.45) is 0. The van der Waals surface area contributed by atoms with Crippen LogP contribution in [0.1, 0.15) is 11.1 Å². The van der Waals surface area contributed by atoms with E-state index in [0.717, 1.165) is 43.1 Å². The molecule has 2 heterocycles. The molecule has 0 bridgehead atoms. The number of rotatable bonds is 4. The zero-order chi connectivity index (χ0) is 35.9. The van der Waals surface area contributed by atoms with E-state index in [1.165, 1.54) is 0 Å². The molecule has 2 N–H and O–H groups in total. The van der Waals surface area contributed by atoms with Gasteiger partial charge in [-0.15, -0.1) is 0 Å². The Morgan fingerprint density at radius 1 is 0.434 bits per heavy atom. The van der Waals surface area contributed by atoms with Gasteiger partial charge in [-0.3, -0.25) is 9.79 Å². The van der Waals surface area contributed by atoms with Crippen LogP contribution in [0.15, 0.2) is 133 Å². The van der Waals surface area contributed by atoms with Gasteiger partial charge in [-0.05, 0) is 67.4 Å². The van der Waals surface area contributed by atoms with Crippen LogP contribution in [0.5, 0.6) is 23.0 Å². The molecule has 11 heteroatoms. The normalized spacial score (nSPS) is 18.8. The maximum Gasteiger partial charge on any atom is 0.584 e. The predicted molar refractivity (Wildman–Crippen MR) is 204 cm³/mol. The Morgan fingerprint density at radius 2 is 0.792 bits per heavy atom. The first-order chi connectivity index (χ1) is 25.7. The first kappa shape index (κ1) is 32.0. The zero-order valence-corrected chi connectivity index (χ0v) is 29.6. The number of phosphoric acid groups is 2. The highest BCUT2D eigenvalue weighted by molar-refractivity contribution is 7.48. The Morgan fingerprint density at radius 3 is 1.21 bits per heavy atom. The minimum atomic E-state index is -4.63. The number of hydrogen-bond acceptors (Lipinski definition) is 7. The molecule has 0 saturated heterocycles. The van der Waals surface area contributed by atoms with Crippen LogP contribution in [0.3, 0.4) is 0 Å². The number of benzene rings is 8. The van der Waals surface area contributed by atoms with Gasteiger partial charge >= 0.3 is 15.6 Å². The molecule has 2 atom stereocenters. The van der Waals surface area contributed by atoms with Gasteiger partial charge in [-0.1, -0.05) is 109 Å². The van der Waals surface area contributed by atoms with E-state index in [4.69, 9.17) is 22.8 Å². The summed E-state index contributed by atoms with van der Waals surface area (Å²) >= 11 is 0. The summed E-state index contributed by atoms with van der Waals surface area (Å²) in [6, 6.07) is 41.8. The van der Waals surface area contributed by atoms with Crippen LogP contribution < -0.4 is 18.1 Å². The summed E-state index contributed by atoms with van der Waals surface area (Å²) in [4.78, 5) is 22.0. The van der Waals surface area contributed by atoms with Gasteiger partial charge in [0.05, 0.1) is 13.2 Å². The monoisotopic (exact) mass is 738 g/mol. The molecule has 0 saturated carbocycles. The summed E-state index contributed by atoms with van der Waals surface area (Å²) in [5.41, 5.74) is 3.53. The molecule has 10 rings (SSSR count). The number of fused-ring (bicyclic) bond motifs is 14. The Hall–Kier alpha value is -5.66. The molecule has 0 aliphatic carbocycles. The molecule has 0 radical (unpaired) electrons. The Balaban J connectivity index is 1.13. The molecular formula is C42H28O9P2. The molecule has 0 spiro atoms. The van der Waals surface area contributed by atoms with Gasteiger partial charge in [-0.2, -0.15) is 0 Å². The van der Waals surface area contributed by atoms with E-state index in [-0.39, 0.29) is 36.2 Å². The van der Waals surface area contributed by atoms with Crippen LogP contribution in [0.2, 0.25) is 0 Å². The van der Waals surface area contributed by atoms with Crippen molar-refractivity contribution in [1.29, 1.82) is 0 Å². The fourth-order valence-electron chi connectivity index (χ4n) is 7.65. The van der Waals surface area contributed by atoms with Crippen molar-refractivity contribution in [2.45, 2.75) is 13.2 Å². The maximum atomic E-state index is 13.5. The molecule has 2 unspecified atom stereocenters. The SMILES string of the molecule is O=P1(O)Oc2ccc3ccccc3c2-c2c(c(COCc3cc4ccccc4c4c3OP(=O)(O)Oc3ccc5ccccc5c3-4)cc3ccccc23)O1. The maximum absolute atomic E-state index is 13.5. The number of hydrogen-bond donors (Lipinski definition) is 2. The van der Waals surface area contributed by atoms with Crippen LogP contribution in [-0.2, 0) is 27.1 Å². The third-order valence-corrected chi connectivity index (χ3v) is 11.5. The minimum absolute atomic E-state index is 0.0539. The van der Waals surface area contributed by atoms with E-state index < -0.39 is 15.6 Å². The molecule has 0 fully saturated rings. The van der Waals surface area contributed by atoms with Gasteiger partial charge in [0.2, 0.25) is 0 Å². The van der Waals surface area contributed by atoms with Crippen LogP contribution in [0.4, 0.5) is 0 Å². The van der Waals surface area contributed by atoms with E-state index in [9.17, 15) is 18.9 Å². The van der Waals surface area contributed by atoms with E-state index in [1.54, 1.807) is 12.1 Å². The van der Waals surface area contributed by atoms with E-state index in [1.807, 2.05) is 121 Å². The summed E-state index contributed by atoms with van der Waals surface area (Å²) in [7, 11) is -9.26. The van der Waals surface area contributed by atoms with Crippen molar-refractivity contribution < 1.29 is 41.7 Å². The summed E-state index contributed by atoms with van der Waals surface area (Å²) in [6.45, 7) is -0.108. The Labute approximate surface area is 302 Å². The fraction of sp³-hybridized carbons (Fsp3) is 0.0476. The van der Waals surface area contributed by atoms with Crippen molar-refractivity contribution in [3.8, 4) is 45.3 Å². The third-order valence-electron chi connectivity index (χ3n) is 9.79. The average Bonchev–Trinajstić information content (AvgIpc) is 3.37. The molecule has 9 nitrogen and oxygen atoms in total. The van der Waals surface area contributed by atoms with Gasteiger partial charge in [0.15, 0.2) is 0 Å². The summed E-state index contributed by atoms with van der Waals surface area (Å²) in [5, 5.41) is 6.88. The van der Waals surface area contributed by atoms with Crippen LogP contribution in [0.25, 0.3) is 65.3 Å². The Kier molecular flexibility index (Phi) is 7.21. The second kappa shape index (κ2) is 11.9. The average molecular weight is 739 g/mol. The Bertz CT molecular complexity index is 2740. The molecule has 8 aromatic carbocycles. The van der Waals surface area contributed by atoms with Crippen molar-refractivity contribution in [2.75, 3.05) is 0 Å². The van der Waals surface area contributed by atoms with Gasteiger partial charge < -0.3 is 22.8 Å². The second-order valence-electron chi connectivity index (χ2n) is 13.0. The van der Waals surface area contributed by atoms with E-state index >= 15 is 0 Å². The van der Waals surface area contributed by atoms with Crippen molar-refractivity contribution >= 4 is 58.7 Å². The largest absolute Gasteiger partial charge is 0.584 e. The third kappa shape index (κ3) is 5.36. The summed E-state index contributed by atoms with van der Waals surface area (Å²) in [5.74, 6) is 0.811. The molecule has 2 aliphatic rings. The molecular weight excluding hydrogens is 710 g/mol. The van der Waals surface area contributed by atoms with Gasteiger partial charge in [-0.25, -0.2) is 9.13 Å². The van der Waals surface area contributed by atoms with Gasteiger partial charge in [0.1, 0.15) is 23.0 Å². The topological polar surface area (TPSA) is 121 Å². The first-order valence-electron chi connectivity index (χ1n) is 16.9. The lowest BCUT2D eigenvalue weighted by Gasteiger charge is -2.19. The van der Waals surface area contributed by atoms with Gasteiger partial charge in [0, 0.05) is 33.4 Å². The predicted octanol–water partition coefficient (Wildman–Crippen LogP) is 11.1. The number of phosphoric ester groups is 2. The molecule has 0 aromatic heterocycles. The first-order valence-corrected chi connectivity index (χ1v) is 19.9. The fourth-order valence-corrected chi connectivity index (χ4v) is 9.41. The van der Waals surface area contributed by atoms with Crippen LogP contribution >= 0.6 is 15.6 Å². The molecule has 260 valence electrons. The minimum Gasteiger partial charge on any atom is -0.395 e. The van der Waals surface area contributed by atoms with Crippen molar-refractivity contribution in [3.63, 3.8) is 0 Å². The zero-order valence-electron chi connectivity index (χ0n) is 27.8. The molecule has 0 amide bonds. The van der Waals surface area contributed by atoms with Crippen molar-refractivity contribution in [1.82, 2.24) is 0 Å². The smallest absolute Gasteiger partial charge is 0.395 e. The highest BCUT2D eigenvalue weighted by Crippen LogP contribution is 2.60. The lowest BCUT2D eigenvalue weighted by atomic mass is 9.90. The highest BCUT2D eigenvalue weighted by Gasteiger charge is 2.37. The standard InChI is InChI=1S/C42H28O9P2/c43-52(44)48-35-19-17-25-9-1-5-13-31(25)37(35)39-33-15-7-3-11-27(33)21-29(41(39)50-52)23-47-24-30-22-28-12-4-8-16-34(28)40-38-32-14-6-2-10-26(32)18-20-36(38)49-53(45,46)51-42(30)40/h1-22H,23-24H2,(H,43,44)(H,45,46). The van der Waals surface area contributed by atoms with Crippen molar-refractivity contribution in [3.05, 3.63) is 145 Å². The number of ether oxygens (including phenoxy) is 1. The van der Waals surface area contributed by atoms with Gasteiger partial charge in [0.25, 0.3) is 0 Å². The quantitative estimate of drug-likeness (QED) is 0.170. The lowest BCUT2D eigenvalue weighted by Crippen LogP contribution is -2.04. The van der Waals surface area contributed by atoms with E-state index in [2.05, 4.69) is 0 Å². The molecule has 53 heavy (non-hydrogen) atoms. The van der Waals surface area contributed by atoms with Crippen LogP contribution in [0, 0.1) is 0 Å². The van der Waals surface area contributed by atoms with Crippen LogP contribution in [-0.4, -0.2) is 9.79 Å². The summed E-state index contributed by atoms with van der Waals surface area (Å²) < 4.78 is 56.5.